The summed E-state index contributed by atoms with van der Waals surface area (Å²) in [6.07, 6.45) is -0.547. The van der Waals surface area contributed by atoms with Gasteiger partial charge in [0.1, 0.15) is 36.0 Å². The number of carbonyl (C=O) groups excluding carboxylic acids is 7. The van der Waals surface area contributed by atoms with Crippen molar-refractivity contribution in [2.75, 3.05) is 19.6 Å². The third-order valence-corrected chi connectivity index (χ3v) is 8.95. The minimum absolute atomic E-state index is 0.0149. The van der Waals surface area contributed by atoms with Crippen LogP contribution >= 0.6 is 0 Å². The lowest BCUT2D eigenvalue weighted by atomic mass is 10.0. The first-order valence-electron chi connectivity index (χ1n) is 18.6. The fraction of sp³-hybridized carbons (Fsp3) is 0.611. The summed E-state index contributed by atoms with van der Waals surface area (Å²) in [5, 5.41) is 46.9. The van der Waals surface area contributed by atoms with Gasteiger partial charge in [0, 0.05) is 6.54 Å². The Labute approximate surface area is 325 Å². The topological polar surface area (TPSA) is 334 Å². The van der Waals surface area contributed by atoms with Crippen molar-refractivity contribution >= 4 is 47.3 Å². The van der Waals surface area contributed by atoms with Gasteiger partial charge in [0.15, 0.2) is 0 Å². The number of aliphatic hydroxyl groups is 1. The molecule has 0 aliphatic carbocycles. The maximum Gasteiger partial charge on any atom is 0.326 e. The van der Waals surface area contributed by atoms with Gasteiger partial charge >= 0.3 is 5.97 Å². The molecule has 1 aliphatic heterocycles. The van der Waals surface area contributed by atoms with E-state index in [0.717, 1.165) is 0 Å². The zero-order valence-electron chi connectivity index (χ0n) is 32.0. The van der Waals surface area contributed by atoms with Crippen molar-refractivity contribution < 1.29 is 53.7 Å². The Hall–Kier alpha value is -5.34. The fourth-order valence-electron chi connectivity index (χ4n) is 5.66. The Bertz CT molecular complexity index is 1520. The third kappa shape index (κ3) is 16.2. The molecule has 0 spiro atoms. The van der Waals surface area contributed by atoms with Gasteiger partial charge in [-0.2, -0.15) is 0 Å². The molecule has 56 heavy (non-hydrogen) atoms. The highest BCUT2D eigenvalue weighted by Crippen LogP contribution is 2.12. The van der Waals surface area contributed by atoms with Crippen LogP contribution in [0, 0.1) is 5.92 Å². The van der Waals surface area contributed by atoms with E-state index in [2.05, 4.69) is 37.2 Å². The van der Waals surface area contributed by atoms with Gasteiger partial charge in [0.05, 0.1) is 25.1 Å². The molecular formula is C36H57N9O11. The number of hydrogen-bond acceptors (Lipinski definition) is 12. The number of carboxylic acid groups (broad SMARTS) is 1. The van der Waals surface area contributed by atoms with Crippen LogP contribution in [0.25, 0.3) is 0 Å². The lowest BCUT2D eigenvalue weighted by Gasteiger charge is -2.28. The van der Waals surface area contributed by atoms with Crippen LogP contribution in [0.4, 0.5) is 0 Å². The molecule has 20 nitrogen and oxygen atoms in total. The van der Waals surface area contributed by atoms with Gasteiger partial charge in [-0.3, -0.25) is 33.6 Å². The zero-order chi connectivity index (χ0) is 41.9. The number of aliphatic carboxylic acids is 1. The normalized spacial score (nSPS) is 21.1. The first-order valence-corrected chi connectivity index (χ1v) is 18.6. The van der Waals surface area contributed by atoms with E-state index in [-0.39, 0.29) is 38.0 Å². The van der Waals surface area contributed by atoms with E-state index < -0.39 is 109 Å². The number of unbranched alkanes of at least 4 members (excludes halogenated alkanes) is 1. The Morgan fingerprint density at radius 3 is 2.18 bits per heavy atom. The number of hydrogen-bond donors (Lipinski definition) is 12. The van der Waals surface area contributed by atoms with E-state index in [4.69, 9.17) is 11.5 Å². The number of nitrogens with two attached hydrogens (primary N) is 2. The first-order chi connectivity index (χ1) is 26.4. The van der Waals surface area contributed by atoms with Gasteiger partial charge in [0.25, 0.3) is 0 Å². The highest BCUT2D eigenvalue weighted by molar-refractivity contribution is 5.98. The van der Waals surface area contributed by atoms with Crippen molar-refractivity contribution in [3.05, 3.63) is 29.8 Å². The van der Waals surface area contributed by atoms with Gasteiger partial charge in [-0.15, -0.1) is 0 Å². The maximum atomic E-state index is 13.8. The number of carbonyl (C=O) groups is 8. The van der Waals surface area contributed by atoms with Crippen molar-refractivity contribution in [2.24, 2.45) is 17.4 Å². The summed E-state index contributed by atoms with van der Waals surface area (Å²) in [5.41, 5.74) is 12.5. The molecule has 0 radical (unpaired) electrons. The summed E-state index contributed by atoms with van der Waals surface area (Å²) >= 11 is 0. The van der Waals surface area contributed by atoms with Crippen molar-refractivity contribution in [2.45, 2.75) is 114 Å². The predicted octanol–water partition coefficient (Wildman–Crippen LogP) is -3.26. The van der Waals surface area contributed by atoms with Gasteiger partial charge in [-0.05, 0) is 82.0 Å². The monoisotopic (exact) mass is 791 g/mol. The van der Waals surface area contributed by atoms with Crippen molar-refractivity contribution in [3.63, 3.8) is 0 Å². The second-order valence-corrected chi connectivity index (χ2v) is 14.1. The average molecular weight is 792 g/mol. The third-order valence-electron chi connectivity index (χ3n) is 8.95. The second kappa shape index (κ2) is 23.6. The van der Waals surface area contributed by atoms with E-state index in [9.17, 15) is 53.7 Å². The molecule has 312 valence electrons. The summed E-state index contributed by atoms with van der Waals surface area (Å²) in [4.78, 5) is 104. The van der Waals surface area contributed by atoms with Crippen molar-refractivity contribution in [3.8, 4) is 5.75 Å². The zero-order valence-corrected chi connectivity index (χ0v) is 32.0. The molecular weight excluding hydrogens is 734 g/mol. The largest absolute Gasteiger partial charge is 0.508 e. The number of phenolic OH excluding ortho intramolecular Hbond substituents is 1. The maximum absolute atomic E-state index is 13.8. The molecule has 1 fully saturated rings. The molecule has 2 rings (SSSR count). The number of amides is 7. The Morgan fingerprint density at radius 2 is 1.57 bits per heavy atom. The quantitative estimate of drug-likeness (QED) is 0.0778. The summed E-state index contributed by atoms with van der Waals surface area (Å²) in [5.74, 6) is -7.81. The van der Waals surface area contributed by atoms with E-state index in [0.29, 0.717) is 31.4 Å². The molecule has 1 aromatic rings. The minimum atomic E-state index is -1.72. The van der Waals surface area contributed by atoms with E-state index in [1.165, 1.54) is 32.9 Å². The molecule has 20 heteroatoms. The number of nitrogens with one attached hydrogen (secondary N) is 7. The Balaban J connectivity index is 2.36. The molecule has 0 saturated carbocycles. The average Bonchev–Trinajstić information content (AvgIpc) is 3.13. The van der Waals surface area contributed by atoms with Crippen molar-refractivity contribution in [1.82, 2.24) is 37.2 Å². The predicted molar refractivity (Wildman–Crippen MR) is 201 cm³/mol. The van der Waals surface area contributed by atoms with Gasteiger partial charge in [0.2, 0.25) is 41.4 Å². The van der Waals surface area contributed by atoms with Crippen LogP contribution in [-0.4, -0.2) is 125 Å². The standard InChI is InChI=1S/C36H57N9O11/c1-19(2)29(36(55)56)44-34(53)26-17-27(48)40-18-28(49)39-15-7-5-9-25(33(52)45-30(20(3)46)35(54)43-26)42-32(51)24(8-4-6-14-37)41-31(50)23(38)16-21-10-12-22(47)13-11-21/h10-13,19-20,23-26,29-30,46-47H,4-9,14-18,37-38H2,1-3H3,(H,39,49)(H,40,48)(H,41,50)(H,42,51)(H,43,54)(H,44,53)(H,45,52)(H,55,56)/t20-,23-,24-,25+,26+,29-,30+/m0/s1. The van der Waals surface area contributed by atoms with Crippen LogP contribution in [0.3, 0.4) is 0 Å². The van der Waals surface area contributed by atoms with Gasteiger partial charge in [-0.1, -0.05) is 26.0 Å². The number of benzene rings is 1. The fourth-order valence-corrected chi connectivity index (χ4v) is 5.66. The van der Waals surface area contributed by atoms with Crippen LogP contribution < -0.4 is 48.7 Å². The minimum Gasteiger partial charge on any atom is -0.508 e. The van der Waals surface area contributed by atoms with Crippen LogP contribution in [0.15, 0.2) is 24.3 Å². The molecule has 1 saturated heterocycles. The van der Waals surface area contributed by atoms with E-state index in [1.807, 2.05) is 0 Å². The molecule has 7 amide bonds. The molecule has 14 N–H and O–H groups in total. The molecule has 0 unspecified atom stereocenters. The summed E-state index contributed by atoms with van der Waals surface area (Å²) < 4.78 is 0. The number of aliphatic hydroxyl groups excluding tert-OH is 1. The number of aromatic hydroxyl groups is 1. The number of phenols is 1. The molecule has 0 aromatic heterocycles. The lowest BCUT2D eigenvalue weighted by molar-refractivity contribution is -0.144. The molecule has 1 aliphatic rings. The van der Waals surface area contributed by atoms with Crippen LogP contribution in [-0.2, 0) is 44.8 Å². The highest BCUT2D eigenvalue weighted by Gasteiger charge is 2.35. The number of rotatable bonds is 15. The summed E-state index contributed by atoms with van der Waals surface area (Å²) in [6.45, 7) is 4.21. The molecule has 1 aromatic carbocycles. The van der Waals surface area contributed by atoms with Gasteiger partial charge in [-0.25, -0.2) is 4.79 Å². The van der Waals surface area contributed by atoms with Crippen molar-refractivity contribution in [1.29, 1.82) is 0 Å². The SMILES string of the molecule is CC(C)[C@H](NC(=O)[C@H]1CC(=O)NCC(=O)NCCCC[C@@H](NC(=O)[C@H](CCCCN)NC(=O)[C@@H](N)Cc2ccc(O)cc2)C(=O)N[C@H]([C@H](C)O)C(=O)N1)C(=O)O. The van der Waals surface area contributed by atoms with E-state index in [1.54, 1.807) is 12.1 Å². The molecule has 7 atom stereocenters. The summed E-state index contributed by atoms with van der Waals surface area (Å²) in [6, 6.07) is -2.28. The van der Waals surface area contributed by atoms with Crippen LogP contribution in [0.2, 0.25) is 0 Å². The molecule has 0 bridgehead atoms. The second-order valence-electron chi connectivity index (χ2n) is 14.1. The number of carboxylic acids is 1. The van der Waals surface area contributed by atoms with Crippen LogP contribution in [0.1, 0.15) is 71.3 Å². The first kappa shape index (κ1) is 46.8. The Kier molecular flexibility index (Phi) is 19.7. The van der Waals surface area contributed by atoms with Crippen LogP contribution in [0.5, 0.6) is 5.75 Å². The Morgan fingerprint density at radius 1 is 0.893 bits per heavy atom. The molecule has 1 heterocycles. The van der Waals surface area contributed by atoms with E-state index >= 15 is 0 Å². The summed E-state index contributed by atoms with van der Waals surface area (Å²) in [7, 11) is 0. The van der Waals surface area contributed by atoms with Gasteiger partial charge < -0.3 is 64.0 Å². The lowest BCUT2D eigenvalue weighted by Crippen LogP contribution is -2.61. The smallest absolute Gasteiger partial charge is 0.326 e. The highest BCUT2D eigenvalue weighted by atomic mass is 16.4.